The van der Waals surface area contributed by atoms with E-state index in [1.165, 1.54) is 5.56 Å². The van der Waals surface area contributed by atoms with E-state index in [2.05, 4.69) is 26.5 Å². The van der Waals surface area contributed by atoms with Crippen LogP contribution >= 0.6 is 12.6 Å². The number of hydrogen-bond acceptors (Lipinski definition) is 3. The van der Waals surface area contributed by atoms with Gasteiger partial charge in [0.25, 0.3) is 0 Å². The minimum Gasteiger partial charge on any atom is -0.481 e. The van der Waals surface area contributed by atoms with Crippen molar-refractivity contribution in [3.63, 3.8) is 0 Å². The molecule has 0 aliphatic rings. The summed E-state index contributed by atoms with van der Waals surface area (Å²) < 4.78 is 0. The number of benzene rings is 1. The quantitative estimate of drug-likeness (QED) is 0.729. The van der Waals surface area contributed by atoms with Crippen LogP contribution in [0.2, 0.25) is 0 Å². The molecule has 4 heteroatoms. The second-order valence-electron chi connectivity index (χ2n) is 4.85. The highest BCUT2D eigenvalue weighted by atomic mass is 32.1. The molecule has 0 aliphatic carbocycles. The summed E-state index contributed by atoms with van der Waals surface area (Å²) >= 11 is 3.67. The van der Waals surface area contributed by atoms with Crippen molar-refractivity contribution in [3.8, 4) is 0 Å². The van der Waals surface area contributed by atoms with Gasteiger partial charge < -0.3 is 10.2 Å². The van der Waals surface area contributed by atoms with Crippen LogP contribution in [-0.4, -0.2) is 28.5 Å². The van der Waals surface area contributed by atoms with Gasteiger partial charge in [0.15, 0.2) is 0 Å². The van der Waals surface area contributed by atoms with E-state index in [0.717, 1.165) is 12.0 Å². The minimum atomic E-state index is -0.772. The van der Waals surface area contributed by atoms with Gasteiger partial charge in [-0.15, -0.1) is 0 Å². The maximum absolute atomic E-state index is 10.8. The lowest BCUT2D eigenvalue weighted by atomic mass is 9.97. The van der Waals surface area contributed by atoms with Gasteiger partial charge in [0.1, 0.15) is 0 Å². The second-order valence-corrected chi connectivity index (χ2v) is 5.29. The molecule has 1 aromatic carbocycles. The van der Waals surface area contributed by atoms with Gasteiger partial charge in [-0.1, -0.05) is 38.1 Å². The Balaban J connectivity index is 0.000000711. The molecular weight excluding hydrogens is 260 g/mol. The van der Waals surface area contributed by atoms with Crippen LogP contribution in [0.5, 0.6) is 0 Å². The van der Waals surface area contributed by atoms with Gasteiger partial charge in [0, 0.05) is 5.75 Å². The van der Waals surface area contributed by atoms with E-state index in [1.807, 2.05) is 24.3 Å². The summed E-state index contributed by atoms with van der Waals surface area (Å²) in [4.78, 5) is 10.8. The first-order chi connectivity index (χ1) is 8.92. The number of thiol groups is 1. The summed E-state index contributed by atoms with van der Waals surface area (Å²) in [7, 11) is 0. The molecule has 0 aliphatic heterocycles. The molecule has 0 amide bonds. The number of aliphatic carboxylic acids is 1. The second kappa shape index (κ2) is 9.87. The van der Waals surface area contributed by atoms with Crippen LogP contribution in [0.4, 0.5) is 0 Å². The van der Waals surface area contributed by atoms with Crippen LogP contribution in [0, 0.1) is 5.92 Å². The van der Waals surface area contributed by atoms with Gasteiger partial charge in [0.05, 0.1) is 12.5 Å². The lowest BCUT2D eigenvalue weighted by Crippen LogP contribution is -2.07. The minimum absolute atomic E-state index is 0.184. The lowest BCUT2D eigenvalue weighted by molar-refractivity contribution is -0.138. The van der Waals surface area contributed by atoms with Crippen molar-refractivity contribution in [1.82, 2.24) is 0 Å². The fraction of sp³-hybridized carbons (Fsp3) is 0.533. The van der Waals surface area contributed by atoms with Gasteiger partial charge >= 0.3 is 5.97 Å². The van der Waals surface area contributed by atoms with E-state index in [-0.39, 0.29) is 6.61 Å². The third-order valence-electron chi connectivity index (χ3n) is 2.59. The molecule has 0 saturated carbocycles. The summed E-state index contributed by atoms with van der Waals surface area (Å²) in [5.74, 6) is 0.0115. The van der Waals surface area contributed by atoms with E-state index in [0.29, 0.717) is 11.7 Å². The normalized spacial score (nSPS) is 11.7. The molecule has 0 bridgehead atoms. The molecule has 19 heavy (non-hydrogen) atoms. The van der Waals surface area contributed by atoms with E-state index in [1.54, 1.807) is 6.92 Å². The summed E-state index contributed by atoms with van der Waals surface area (Å²) in [5.41, 5.74) is 2.14. The fourth-order valence-corrected chi connectivity index (χ4v) is 1.56. The van der Waals surface area contributed by atoms with Crippen molar-refractivity contribution in [1.29, 1.82) is 0 Å². The number of rotatable bonds is 5. The average molecular weight is 284 g/mol. The average Bonchev–Trinajstić information content (AvgIpc) is 2.38. The molecule has 0 aromatic heterocycles. The van der Waals surface area contributed by atoms with Crippen LogP contribution in [0.15, 0.2) is 24.3 Å². The van der Waals surface area contributed by atoms with Crippen LogP contribution in [0.25, 0.3) is 0 Å². The molecule has 1 unspecified atom stereocenters. The molecule has 0 radical (unpaired) electrons. The zero-order valence-electron chi connectivity index (χ0n) is 11.8. The van der Waals surface area contributed by atoms with Crippen LogP contribution in [-0.2, 0) is 11.2 Å². The Morgan fingerprint density at radius 1 is 1.21 bits per heavy atom. The van der Waals surface area contributed by atoms with Gasteiger partial charge in [-0.25, -0.2) is 0 Å². The van der Waals surface area contributed by atoms with Crippen molar-refractivity contribution in [2.24, 2.45) is 5.92 Å². The molecule has 1 rings (SSSR count). The number of carbonyl (C=O) groups is 1. The third kappa shape index (κ3) is 7.90. The highest BCUT2D eigenvalue weighted by Crippen LogP contribution is 2.17. The molecule has 1 aromatic rings. The highest BCUT2D eigenvalue weighted by Gasteiger charge is 2.12. The number of carboxylic acids is 1. The first-order valence-corrected chi connectivity index (χ1v) is 7.09. The van der Waals surface area contributed by atoms with E-state index in [4.69, 9.17) is 10.2 Å². The highest BCUT2D eigenvalue weighted by molar-refractivity contribution is 7.80. The summed E-state index contributed by atoms with van der Waals surface area (Å²) in [6.45, 7) is 6.24. The molecule has 108 valence electrons. The first-order valence-electron chi connectivity index (χ1n) is 6.45. The fourth-order valence-electron chi connectivity index (χ4n) is 1.56. The largest absolute Gasteiger partial charge is 0.481 e. The van der Waals surface area contributed by atoms with Crippen molar-refractivity contribution in [2.45, 2.75) is 33.1 Å². The molecule has 0 spiro atoms. The topological polar surface area (TPSA) is 57.5 Å². The number of carboxylic acid groups (broad SMARTS) is 1. The third-order valence-corrected chi connectivity index (χ3v) is 2.79. The van der Waals surface area contributed by atoms with Crippen LogP contribution in [0.3, 0.4) is 0 Å². The van der Waals surface area contributed by atoms with Crippen molar-refractivity contribution < 1.29 is 15.0 Å². The maximum Gasteiger partial charge on any atom is 0.310 e. The maximum atomic E-state index is 10.8. The summed E-state index contributed by atoms with van der Waals surface area (Å²) in [5, 5.41) is 16.6. The van der Waals surface area contributed by atoms with Gasteiger partial charge in [-0.05, 0) is 30.4 Å². The van der Waals surface area contributed by atoms with E-state index >= 15 is 0 Å². The molecule has 0 heterocycles. The number of hydrogen-bond donors (Lipinski definition) is 3. The zero-order valence-corrected chi connectivity index (χ0v) is 12.7. The SMILES string of the molecule is CC(C)Cc1ccc(C(C)C(=O)O)cc1.OCCS. The standard InChI is InChI=1S/C13H18O2.C2H6OS/c1-9(2)8-11-4-6-12(7-5-11)10(3)13(14)15;3-1-2-4/h4-7,9-10H,8H2,1-3H3,(H,14,15);3-4H,1-2H2. The van der Waals surface area contributed by atoms with Crippen LogP contribution < -0.4 is 0 Å². The first kappa shape index (κ1) is 18.0. The predicted molar refractivity (Wildman–Crippen MR) is 82.0 cm³/mol. The van der Waals surface area contributed by atoms with E-state index < -0.39 is 11.9 Å². The zero-order chi connectivity index (χ0) is 14.8. The van der Waals surface area contributed by atoms with E-state index in [9.17, 15) is 4.79 Å². The van der Waals surface area contributed by atoms with Crippen molar-refractivity contribution in [2.75, 3.05) is 12.4 Å². The Hall–Kier alpha value is -1.00. The smallest absolute Gasteiger partial charge is 0.310 e. The molecule has 0 saturated heterocycles. The van der Waals surface area contributed by atoms with Gasteiger partial charge in [-0.2, -0.15) is 12.6 Å². The monoisotopic (exact) mass is 284 g/mol. The van der Waals surface area contributed by atoms with Gasteiger partial charge in [0.2, 0.25) is 0 Å². The number of aliphatic hydroxyl groups is 1. The van der Waals surface area contributed by atoms with Crippen molar-refractivity contribution >= 4 is 18.6 Å². The summed E-state index contributed by atoms with van der Waals surface area (Å²) in [6.07, 6.45) is 1.04. The molecule has 0 fully saturated rings. The molecular formula is C15H24O3S. The van der Waals surface area contributed by atoms with Crippen LogP contribution in [0.1, 0.15) is 37.8 Å². The Kier molecular flexibility index (Phi) is 9.35. The number of aliphatic hydroxyl groups excluding tert-OH is 1. The predicted octanol–water partition coefficient (Wildman–Crippen LogP) is 2.98. The van der Waals surface area contributed by atoms with Gasteiger partial charge in [-0.3, -0.25) is 4.79 Å². The molecule has 1 atom stereocenters. The Morgan fingerprint density at radius 2 is 1.68 bits per heavy atom. The molecule has 3 nitrogen and oxygen atoms in total. The van der Waals surface area contributed by atoms with Crippen molar-refractivity contribution in [3.05, 3.63) is 35.4 Å². The summed E-state index contributed by atoms with van der Waals surface area (Å²) in [6, 6.07) is 7.87. The Morgan fingerprint density at radius 3 is 2.00 bits per heavy atom. The Bertz CT molecular complexity index is 358. The lowest BCUT2D eigenvalue weighted by Gasteiger charge is -2.09. The Labute approximate surface area is 121 Å². The molecule has 2 N–H and O–H groups in total.